The summed E-state index contributed by atoms with van der Waals surface area (Å²) in [4.78, 5) is 38.4. The monoisotopic (exact) mass is 354 g/mol. The van der Waals surface area contributed by atoms with Gasteiger partial charge in [-0.05, 0) is 0 Å². The van der Waals surface area contributed by atoms with Crippen molar-refractivity contribution >= 4 is 23.9 Å². The highest BCUT2D eigenvalue weighted by atomic mass is 16.6. The molecule has 1 aliphatic carbocycles. The van der Waals surface area contributed by atoms with Crippen molar-refractivity contribution in [3.05, 3.63) is 0 Å². The fourth-order valence-corrected chi connectivity index (χ4v) is 1.45. The maximum Gasteiger partial charge on any atom is 0.417 e. The van der Waals surface area contributed by atoms with Crippen LogP contribution in [-0.2, 0) is 28.7 Å². The Balaban J connectivity index is -0.000000252. The molecule has 2 rings (SSSR count). The second-order valence-electron chi connectivity index (χ2n) is 4.00. The zero-order chi connectivity index (χ0) is 19.4. The van der Waals surface area contributed by atoms with E-state index in [1.807, 2.05) is 0 Å². The van der Waals surface area contributed by atoms with Gasteiger partial charge in [0.15, 0.2) is 0 Å². The highest BCUT2D eigenvalue weighted by molar-refractivity contribution is 6.30. The Kier molecular flexibility index (Phi) is 23.1. The lowest BCUT2D eigenvalue weighted by Crippen LogP contribution is -2.28. The number of rotatable bonds is 0. The number of esters is 2. The van der Waals surface area contributed by atoms with Gasteiger partial charge < -0.3 is 29.9 Å². The third kappa shape index (κ3) is 19.8. The molecule has 2 fully saturated rings. The number of ether oxygens (including phenoxy) is 2. The molecule has 0 atom stereocenters. The van der Waals surface area contributed by atoms with Crippen molar-refractivity contribution in [1.29, 1.82) is 0 Å². The summed E-state index contributed by atoms with van der Waals surface area (Å²) >= 11 is 0. The van der Waals surface area contributed by atoms with Crippen molar-refractivity contribution in [3.63, 3.8) is 0 Å². The summed E-state index contributed by atoms with van der Waals surface area (Å²) in [5, 5.41) is 28.8. The van der Waals surface area contributed by atoms with Crippen LogP contribution in [0.2, 0.25) is 0 Å². The number of aliphatic hydroxyl groups is 2. The van der Waals surface area contributed by atoms with Crippen LogP contribution >= 0.6 is 0 Å². The standard InChI is InChI=1S/C6H12.C4H4O4.C2H2O4.2CH4O/c1-2-4-6-5-3-1;5-3-4(6)8-2-1-7-3;3-1(4)2(5)6;2*1-2/h1-6H2;1-2H2;(H,3,4)(H,5,6);2*2H,1H3. The van der Waals surface area contributed by atoms with Crippen LogP contribution < -0.4 is 0 Å². The maximum atomic E-state index is 10.1. The second-order valence-corrected chi connectivity index (χ2v) is 4.00. The Hall–Kier alpha value is -2.20. The van der Waals surface area contributed by atoms with E-state index in [9.17, 15) is 9.59 Å². The van der Waals surface area contributed by atoms with Gasteiger partial charge in [-0.15, -0.1) is 0 Å². The van der Waals surface area contributed by atoms with Crippen LogP contribution in [-0.4, -0.2) is 71.7 Å². The van der Waals surface area contributed by atoms with Gasteiger partial charge in [0.2, 0.25) is 0 Å². The lowest BCUT2D eigenvalue weighted by molar-refractivity contribution is -0.177. The van der Waals surface area contributed by atoms with Crippen molar-refractivity contribution in [2.24, 2.45) is 0 Å². The van der Waals surface area contributed by atoms with Gasteiger partial charge in [0.1, 0.15) is 13.2 Å². The molecule has 1 saturated heterocycles. The summed E-state index contributed by atoms with van der Waals surface area (Å²) < 4.78 is 8.55. The highest BCUT2D eigenvalue weighted by Gasteiger charge is 2.21. The first-order valence-electron chi connectivity index (χ1n) is 7.14. The molecule has 0 spiro atoms. The average molecular weight is 354 g/mol. The third-order valence-corrected chi connectivity index (χ3v) is 2.40. The molecule has 0 amide bonds. The molecule has 1 saturated carbocycles. The Morgan fingerprint density at radius 2 is 0.875 bits per heavy atom. The smallest absolute Gasteiger partial charge is 0.417 e. The number of cyclic esters (lactones) is 2. The Labute approximate surface area is 140 Å². The van der Waals surface area contributed by atoms with Crippen LogP contribution in [0.3, 0.4) is 0 Å². The van der Waals surface area contributed by atoms with E-state index < -0.39 is 23.9 Å². The van der Waals surface area contributed by atoms with Crippen LogP contribution in [0.15, 0.2) is 0 Å². The normalized spacial score (nSPS) is 14.8. The zero-order valence-corrected chi connectivity index (χ0v) is 13.9. The first-order valence-corrected chi connectivity index (χ1v) is 7.14. The predicted molar refractivity (Wildman–Crippen MR) is 81.2 cm³/mol. The molecule has 1 heterocycles. The quantitative estimate of drug-likeness (QED) is 0.337. The first kappa shape index (κ1) is 26.7. The number of carboxylic acids is 2. The minimum absolute atomic E-state index is 0.185. The van der Waals surface area contributed by atoms with E-state index >= 15 is 0 Å². The summed E-state index contributed by atoms with van der Waals surface area (Å²) in [7, 11) is 2.00. The number of carbonyl (C=O) groups is 4. The van der Waals surface area contributed by atoms with Gasteiger partial charge in [-0.1, -0.05) is 38.5 Å². The van der Waals surface area contributed by atoms with Crippen molar-refractivity contribution in [3.8, 4) is 0 Å². The van der Waals surface area contributed by atoms with E-state index in [0.717, 1.165) is 14.2 Å². The van der Waals surface area contributed by atoms with Gasteiger partial charge in [-0.25, -0.2) is 19.2 Å². The summed E-state index contributed by atoms with van der Waals surface area (Å²) in [5.41, 5.74) is 0. The molecular formula is C14H26O10. The molecule has 142 valence electrons. The van der Waals surface area contributed by atoms with Crippen LogP contribution in [0, 0.1) is 0 Å². The molecule has 0 radical (unpaired) electrons. The van der Waals surface area contributed by atoms with Crippen LogP contribution in [0.1, 0.15) is 38.5 Å². The second kappa shape index (κ2) is 20.8. The van der Waals surface area contributed by atoms with E-state index in [4.69, 9.17) is 30.0 Å². The van der Waals surface area contributed by atoms with Crippen molar-refractivity contribution in [1.82, 2.24) is 0 Å². The van der Waals surface area contributed by atoms with E-state index in [1.54, 1.807) is 0 Å². The van der Waals surface area contributed by atoms with Gasteiger partial charge in [0.05, 0.1) is 0 Å². The van der Waals surface area contributed by atoms with Crippen LogP contribution in [0.4, 0.5) is 0 Å². The van der Waals surface area contributed by atoms with E-state index in [0.29, 0.717) is 0 Å². The molecule has 0 aromatic rings. The molecule has 0 unspecified atom stereocenters. The highest BCUT2D eigenvalue weighted by Crippen LogP contribution is 2.15. The summed E-state index contributed by atoms with van der Waals surface area (Å²) in [5.74, 6) is -5.43. The fraction of sp³-hybridized carbons (Fsp3) is 0.714. The number of aliphatic carboxylic acids is 2. The molecule has 24 heavy (non-hydrogen) atoms. The van der Waals surface area contributed by atoms with Crippen LogP contribution in [0.5, 0.6) is 0 Å². The lowest BCUT2D eigenvalue weighted by Gasteiger charge is -2.09. The van der Waals surface area contributed by atoms with Gasteiger partial charge in [0.25, 0.3) is 0 Å². The molecule has 4 N–H and O–H groups in total. The van der Waals surface area contributed by atoms with Gasteiger partial charge in [-0.3, -0.25) is 0 Å². The maximum absolute atomic E-state index is 10.1. The SMILES string of the molecule is C1CCCCC1.CO.CO.O=C(O)C(=O)O.O=C1OCCOC1=O. The van der Waals surface area contributed by atoms with Gasteiger partial charge in [0, 0.05) is 14.2 Å². The molecule has 10 nitrogen and oxygen atoms in total. The van der Waals surface area contributed by atoms with E-state index in [2.05, 4.69) is 9.47 Å². The van der Waals surface area contributed by atoms with E-state index in [1.165, 1.54) is 38.5 Å². The zero-order valence-electron chi connectivity index (χ0n) is 13.9. The third-order valence-electron chi connectivity index (χ3n) is 2.40. The molecule has 0 bridgehead atoms. The van der Waals surface area contributed by atoms with Crippen LogP contribution in [0.25, 0.3) is 0 Å². The van der Waals surface area contributed by atoms with Crippen molar-refractivity contribution < 1.29 is 49.1 Å². The lowest BCUT2D eigenvalue weighted by atomic mass is 10.0. The topological polar surface area (TPSA) is 168 Å². The minimum atomic E-state index is -1.82. The number of carboxylic acid groups (broad SMARTS) is 2. The average Bonchev–Trinajstić information content (AvgIpc) is 2.63. The summed E-state index contributed by atoms with van der Waals surface area (Å²) in [6.45, 7) is 0.370. The van der Waals surface area contributed by atoms with E-state index in [-0.39, 0.29) is 13.2 Å². The minimum Gasteiger partial charge on any atom is -0.473 e. The van der Waals surface area contributed by atoms with Crippen molar-refractivity contribution in [2.45, 2.75) is 38.5 Å². The predicted octanol–water partition coefficient (Wildman–Crippen LogP) is -0.200. The number of hydrogen-bond donors (Lipinski definition) is 4. The number of aliphatic hydroxyl groups excluding tert-OH is 2. The molecule has 0 aromatic carbocycles. The fourth-order valence-electron chi connectivity index (χ4n) is 1.45. The number of carbonyl (C=O) groups excluding carboxylic acids is 2. The van der Waals surface area contributed by atoms with Gasteiger partial charge >= 0.3 is 23.9 Å². The Morgan fingerprint density at radius 3 is 1.00 bits per heavy atom. The van der Waals surface area contributed by atoms with Gasteiger partial charge in [-0.2, -0.15) is 0 Å². The first-order chi connectivity index (χ1) is 11.4. The molecule has 2 aliphatic rings. The largest absolute Gasteiger partial charge is 0.473 e. The number of hydrogen-bond acceptors (Lipinski definition) is 8. The molecule has 10 heteroatoms. The molecule has 0 aromatic heterocycles. The summed E-state index contributed by atoms with van der Waals surface area (Å²) in [6.07, 6.45) is 9.00. The Bertz CT molecular complexity index is 310. The Morgan fingerprint density at radius 1 is 0.667 bits per heavy atom. The summed E-state index contributed by atoms with van der Waals surface area (Å²) in [6, 6.07) is 0. The molecule has 1 aliphatic heterocycles. The van der Waals surface area contributed by atoms with Crippen molar-refractivity contribution in [2.75, 3.05) is 27.4 Å². The molecular weight excluding hydrogens is 328 g/mol.